The Morgan fingerprint density at radius 1 is 0.710 bits per heavy atom. The van der Waals surface area contributed by atoms with Crippen molar-refractivity contribution in [2.24, 2.45) is 0 Å². The molecule has 3 nitrogen and oxygen atoms in total. The maximum absolute atomic E-state index is 13.0. The highest BCUT2D eigenvalue weighted by atomic mass is 16.1. The lowest BCUT2D eigenvalue weighted by molar-refractivity contribution is -0.117. The van der Waals surface area contributed by atoms with Crippen molar-refractivity contribution in [2.75, 3.05) is 13.1 Å². The SMILES string of the molecule is O=C(NCCc1ccccc1)C1=C(NCCc2ccccc2)CC(c2ccccc2)C1. The number of hydrogen-bond acceptors (Lipinski definition) is 2. The fraction of sp³-hybridized carbons (Fsp3) is 0.250. The molecule has 0 saturated carbocycles. The number of carbonyl (C=O) groups is 1. The average molecular weight is 411 g/mol. The van der Waals surface area contributed by atoms with Crippen molar-refractivity contribution in [1.82, 2.24) is 10.6 Å². The van der Waals surface area contributed by atoms with Crippen molar-refractivity contribution in [3.63, 3.8) is 0 Å². The van der Waals surface area contributed by atoms with Gasteiger partial charge in [0, 0.05) is 24.4 Å². The van der Waals surface area contributed by atoms with E-state index in [0.717, 1.165) is 43.5 Å². The molecule has 31 heavy (non-hydrogen) atoms. The first-order valence-corrected chi connectivity index (χ1v) is 11.2. The third kappa shape index (κ3) is 5.85. The molecular weight excluding hydrogens is 380 g/mol. The average Bonchev–Trinajstić information content (AvgIpc) is 3.25. The van der Waals surface area contributed by atoms with Gasteiger partial charge in [-0.1, -0.05) is 91.0 Å². The molecule has 0 bridgehead atoms. The molecule has 158 valence electrons. The first-order valence-electron chi connectivity index (χ1n) is 11.2. The predicted molar refractivity (Wildman–Crippen MR) is 127 cm³/mol. The Balaban J connectivity index is 1.39. The second-order valence-corrected chi connectivity index (χ2v) is 8.13. The summed E-state index contributed by atoms with van der Waals surface area (Å²) < 4.78 is 0. The molecule has 1 amide bonds. The van der Waals surface area contributed by atoms with Crippen molar-refractivity contribution in [1.29, 1.82) is 0 Å². The number of allylic oxidation sites excluding steroid dienone is 1. The Morgan fingerprint density at radius 3 is 1.87 bits per heavy atom. The van der Waals surface area contributed by atoms with E-state index in [1.807, 2.05) is 30.3 Å². The summed E-state index contributed by atoms with van der Waals surface area (Å²) in [4.78, 5) is 13.0. The van der Waals surface area contributed by atoms with Gasteiger partial charge in [-0.05, 0) is 48.3 Å². The molecule has 1 aliphatic carbocycles. The molecule has 0 heterocycles. The van der Waals surface area contributed by atoms with Gasteiger partial charge in [0.25, 0.3) is 0 Å². The van der Waals surface area contributed by atoms with Crippen LogP contribution in [0.25, 0.3) is 0 Å². The van der Waals surface area contributed by atoms with E-state index in [2.05, 4.69) is 71.3 Å². The molecule has 4 rings (SSSR count). The van der Waals surface area contributed by atoms with E-state index < -0.39 is 0 Å². The summed E-state index contributed by atoms with van der Waals surface area (Å²) in [6, 6.07) is 31.3. The lowest BCUT2D eigenvalue weighted by atomic mass is 9.95. The van der Waals surface area contributed by atoms with E-state index in [4.69, 9.17) is 0 Å². The third-order valence-electron chi connectivity index (χ3n) is 5.95. The standard InChI is InChI=1S/C28H30N2O/c31-28(30-19-17-23-12-6-2-7-13-23)26-20-25(24-14-8-3-9-15-24)21-27(26)29-18-16-22-10-4-1-5-11-22/h1-15,25,29H,16-21H2,(H,30,31). The van der Waals surface area contributed by atoms with Gasteiger partial charge in [0.05, 0.1) is 0 Å². The van der Waals surface area contributed by atoms with Crippen LogP contribution in [0.15, 0.2) is 102 Å². The number of hydrogen-bond donors (Lipinski definition) is 2. The molecule has 1 atom stereocenters. The van der Waals surface area contributed by atoms with E-state index in [-0.39, 0.29) is 5.91 Å². The van der Waals surface area contributed by atoms with Gasteiger partial charge in [0.1, 0.15) is 0 Å². The minimum absolute atomic E-state index is 0.0663. The molecule has 0 saturated heterocycles. The van der Waals surface area contributed by atoms with Crippen molar-refractivity contribution < 1.29 is 4.79 Å². The Labute approximate surface area is 185 Å². The zero-order valence-electron chi connectivity index (χ0n) is 17.9. The molecular formula is C28H30N2O. The maximum Gasteiger partial charge on any atom is 0.248 e. The second kappa shape index (κ2) is 10.6. The van der Waals surface area contributed by atoms with Gasteiger partial charge in [0.15, 0.2) is 0 Å². The van der Waals surface area contributed by atoms with Crippen LogP contribution in [0, 0.1) is 0 Å². The summed E-state index contributed by atoms with van der Waals surface area (Å²) in [7, 11) is 0. The fourth-order valence-electron chi connectivity index (χ4n) is 4.26. The molecule has 0 radical (unpaired) electrons. The quantitative estimate of drug-likeness (QED) is 0.521. The van der Waals surface area contributed by atoms with Crippen LogP contribution in [0.2, 0.25) is 0 Å². The molecule has 2 N–H and O–H groups in total. The zero-order valence-corrected chi connectivity index (χ0v) is 17.9. The first-order chi connectivity index (χ1) is 15.3. The van der Waals surface area contributed by atoms with E-state index in [1.54, 1.807) is 0 Å². The summed E-state index contributed by atoms with van der Waals surface area (Å²) in [5.74, 6) is 0.423. The highest BCUT2D eigenvalue weighted by molar-refractivity contribution is 5.94. The number of nitrogens with one attached hydrogen (secondary N) is 2. The Kier molecular flexibility index (Phi) is 7.17. The number of rotatable bonds is 9. The van der Waals surface area contributed by atoms with Crippen molar-refractivity contribution in [2.45, 2.75) is 31.6 Å². The van der Waals surface area contributed by atoms with Gasteiger partial charge in [-0.25, -0.2) is 0 Å². The van der Waals surface area contributed by atoms with Crippen molar-refractivity contribution in [3.05, 3.63) is 119 Å². The molecule has 0 aromatic heterocycles. The van der Waals surface area contributed by atoms with E-state index in [0.29, 0.717) is 12.5 Å². The van der Waals surface area contributed by atoms with Gasteiger partial charge < -0.3 is 10.6 Å². The van der Waals surface area contributed by atoms with E-state index in [1.165, 1.54) is 16.7 Å². The van der Waals surface area contributed by atoms with Crippen LogP contribution in [-0.2, 0) is 17.6 Å². The molecule has 1 unspecified atom stereocenters. The van der Waals surface area contributed by atoms with Crippen LogP contribution in [0.5, 0.6) is 0 Å². The topological polar surface area (TPSA) is 41.1 Å². The molecule has 3 heteroatoms. The van der Waals surface area contributed by atoms with Gasteiger partial charge in [-0.15, -0.1) is 0 Å². The molecule has 0 aliphatic heterocycles. The van der Waals surface area contributed by atoms with Crippen LogP contribution in [0.3, 0.4) is 0 Å². The van der Waals surface area contributed by atoms with Crippen LogP contribution >= 0.6 is 0 Å². The minimum atomic E-state index is 0.0663. The van der Waals surface area contributed by atoms with Gasteiger partial charge in [0.2, 0.25) is 5.91 Å². The molecule has 0 spiro atoms. The highest BCUT2D eigenvalue weighted by Crippen LogP contribution is 2.37. The van der Waals surface area contributed by atoms with Crippen LogP contribution in [0.1, 0.15) is 35.4 Å². The first kappa shape index (κ1) is 20.9. The molecule has 3 aromatic carbocycles. The van der Waals surface area contributed by atoms with E-state index in [9.17, 15) is 4.79 Å². The fourth-order valence-corrected chi connectivity index (χ4v) is 4.26. The van der Waals surface area contributed by atoms with Crippen LogP contribution < -0.4 is 10.6 Å². The summed E-state index contributed by atoms with van der Waals surface area (Å²) in [5, 5.41) is 6.73. The number of amides is 1. The van der Waals surface area contributed by atoms with Gasteiger partial charge >= 0.3 is 0 Å². The minimum Gasteiger partial charge on any atom is -0.388 e. The normalized spacial score (nSPS) is 15.7. The Bertz CT molecular complexity index is 997. The lowest BCUT2D eigenvalue weighted by Gasteiger charge is -2.12. The maximum atomic E-state index is 13.0. The number of carbonyl (C=O) groups excluding carboxylic acids is 1. The highest BCUT2D eigenvalue weighted by Gasteiger charge is 2.29. The van der Waals surface area contributed by atoms with Crippen LogP contribution in [-0.4, -0.2) is 19.0 Å². The largest absolute Gasteiger partial charge is 0.388 e. The Hall–Kier alpha value is -3.33. The smallest absolute Gasteiger partial charge is 0.248 e. The van der Waals surface area contributed by atoms with E-state index >= 15 is 0 Å². The lowest BCUT2D eigenvalue weighted by Crippen LogP contribution is -2.29. The number of benzene rings is 3. The third-order valence-corrected chi connectivity index (χ3v) is 5.95. The zero-order chi connectivity index (χ0) is 21.3. The van der Waals surface area contributed by atoms with Crippen molar-refractivity contribution >= 4 is 5.91 Å². The van der Waals surface area contributed by atoms with Crippen molar-refractivity contribution in [3.8, 4) is 0 Å². The predicted octanol–water partition coefficient (Wildman–Crippen LogP) is 5.01. The Morgan fingerprint density at radius 2 is 1.26 bits per heavy atom. The van der Waals surface area contributed by atoms with Crippen LogP contribution in [0.4, 0.5) is 0 Å². The molecule has 3 aromatic rings. The monoisotopic (exact) mass is 410 g/mol. The summed E-state index contributed by atoms with van der Waals surface area (Å²) in [6.45, 7) is 1.49. The molecule has 0 fully saturated rings. The second-order valence-electron chi connectivity index (χ2n) is 8.13. The van der Waals surface area contributed by atoms with Gasteiger partial charge in [-0.2, -0.15) is 0 Å². The summed E-state index contributed by atoms with van der Waals surface area (Å²) >= 11 is 0. The summed E-state index contributed by atoms with van der Waals surface area (Å²) in [6.07, 6.45) is 3.47. The molecule has 1 aliphatic rings. The van der Waals surface area contributed by atoms with Gasteiger partial charge in [-0.3, -0.25) is 4.79 Å². The summed E-state index contributed by atoms with van der Waals surface area (Å²) in [5.41, 5.74) is 5.86.